The van der Waals surface area contributed by atoms with Gasteiger partial charge in [0.2, 0.25) is 0 Å². The summed E-state index contributed by atoms with van der Waals surface area (Å²) in [4.78, 5) is 0. The predicted octanol–water partition coefficient (Wildman–Crippen LogP) is 7.33. The van der Waals surface area contributed by atoms with Gasteiger partial charge in [0, 0.05) is 6.61 Å². The molecule has 148 valence electrons. The summed E-state index contributed by atoms with van der Waals surface area (Å²) in [7, 11) is 0. The van der Waals surface area contributed by atoms with Crippen LogP contribution in [0.3, 0.4) is 0 Å². The van der Waals surface area contributed by atoms with Gasteiger partial charge < -0.3 is 4.74 Å². The average molecular weight is 359 g/mol. The Morgan fingerprint density at radius 1 is 0.692 bits per heavy atom. The van der Waals surface area contributed by atoms with Crippen molar-refractivity contribution in [2.75, 3.05) is 6.61 Å². The molecule has 0 aliphatic heterocycles. The summed E-state index contributed by atoms with van der Waals surface area (Å²) in [6.07, 6.45) is 24.2. The third kappa shape index (κ3) is 5.98. The molecule has 0 amide bonds. The van der Waals surface area contributed by atoms with Crippen LogP contribution in [0.25, 0.3) is 0 Å². The Labute approximate surface area is 162 Å². The highest BCUT2D eigenvalue weighted by Gasteiger charge is 2.31. The van der Waals surface area contributed by atoms with Crippen molar-refractivity contribution in [3.8, 4) is 0 Å². The van der Waals surface area contributed by atoms with Gasteiger partial charge in [0.1, 0.15) is 0 Å². The second kappa shape index (κ2) is 10.7. The fraction of sp³-hybridized carbons (Fsp3) is 0.840. The zero-order valence-corrected chi connectivity index (χ0v) is 17.0. The highest BCUT2D eigenvalue weighted by atomic mass is 16.5. The molecule has 0 saturated heterocycles. The van der Waals surface area contributed by atoms with Crippen LogP contribution in [0, 0.1) is 29.6 Å². The van der Waals surface area contributed by atoms with E-state index >= 15 is 0 Å². The Morgan fingerprint density at radius 3 is 1.85 bits per heavy atom. The largest absolute Gasteiger partial charge is 0.378 e. The summed E-state index contributed by atoms with van der Waals surface area (Å²) < 4.78 is 6.35. The van der Waals surface area contributed by atoms with Crippen LogP contribution in [0.15, 0.2) is 25.3 Å². The van der Waals surface area contributed by atoms with Crippen molar-refractivity contribution in [3.63, 3.8) is 0 Å². The number of allylic oxidation sites excluding steroid dienone is 2. The summed E-state index contributed by atoms with van der Waals surface area (Å²) in [5, 5.41) is 0. The van der Waals surface area contributed by atoms with Crippen LogP contribution >= 0.6 is 0 Å². The zero-order chi connectivity index (χ0) is 18.2. The Hall–Kier alpha value is -0.560. The third-order valence-electron chi connectivity index (χ3n) is 7.85. The van der Waals surface area contributed by atoms with Gasteiger partial charge in [-0.3, -0.25) is 0 Å². The van der Waals surface area contributed by atoms with Crippen molar-refractivity contribution in [1.29, 1.82) is 0 Å². The minimum Gasteiger partial charge on any atom is -0.378 e. The molecule has 0 radical (unpaired) electrons. The third-order valence-corrected chi connectivity index (χ3v) is 7.85. The lowest BCUT2D eigenvalue weighted by Gasteiger charge is -2.38. The lowest BCUT2D eigenvalue weighted by molar-refractivity contribution is -0.0126. The van der Waals surface area contributed by atoms with Crippen LogP contribution < -0.4 is 0 Å². The summed E-state index contributed by atoms with van der Waals surface area (Å²) in [6.45, 7) is 8.88. The van der Waals surface area contributed by atoms with E-state index in [1.165, 1.54) is 89.9 Å². The molecule has 3 aliphatic carbocycles. The smallest absolute Gasteiger partial charge is 0.0575 e. The van der Waals surface area contributed by atoms with Gasteiger partial charge in [-0.15, -0.1) is 13.2 Å². The van der Waals surface area contributed by atoms with E-state index in [1.807, 2.05) is 0 Å². The fourth-order valence-electron chi connectivity index (χ4n) is 5.89. The van der Waals surface area contributed by atoms with Gasteiger partial charge in [0.05, 0.1) is 6.10 Å². The molecule has 3 aliphatic rings. The maximum Gasteiger partial charge on any atom is 0.0575 e. The van der Waals surface area contributed by atoms with E-state index in [9.17, 15) is 0 Å². The van der Waals surface area contributed by atoms with E-state index in [0.29, 0.717) is 6.10 Å². The molecule has 3 rings (SSSR count). The summed E-state index contributed by atoms with van der Waals surface area (Å²) in [5.74, 6) is 4.60. The first-order valence-electron chi connectivity index (χ1n) is 11.6. The van der Waals surface area contributed by atoms with Crippen molar-refractivity contribution in [3.05, 3.63) is 25.3 Å². The van der Waals surface area contributed by atoms with Crippen LogP contribution in [0.1, 0.15) is 89.9 Å². The molecule has 0 bridgehead atoms. The molecule has 0 aromatic rings. The average Bonchev–Trinajstić information content (AvgIpc) is 2.72. The second-order valence-corrected chi connectivity index (χ2v) is 9.53. The molecule has 0 unspecified atom stereocenters. The Balaban J connectivity index is 1.28. The van der Waals surface area contributed by atoms with Gasteiger partial charge in [-0.2, -0.15) is 0 Å². The van der Waals surface area contributed by atoms with Gasteiger partial charge in [0.15, 0.2) is 0 Å². The highest BCUT2D eigenvalue weighted by molar-refractivity contribution is 4.87. The molecule has 26 heavy (non-hydrogen) atoms. The van der Waals surface area contributed by atoms with Gasteiger partial charge in [-0.25, -0.2) is 0 Å². The molecule has 0 spiro atoms. The molecule has 1 heteroatoms. The number of ether oxygens (including phenoxy) is 1. The predicted molar refractivity (Wildman–Crippen MR) is 112 cm³/mol. The molecular weight excluding hydrogens is 316 g/mol. The quantitative estimate of drug-likeness (QED) is 0.413. The molecular formula is C25H42O. The number of hydrogen-bond acceptors (Lipinski definition) is 1. The molecule has 3 saturated carbocycles. The SMILES string of the molecule is C=CCCC1CCC(OCC2CCC(C3CCC(C=C)CC3)CC2)CC1. The van der Waals surface area contributed by atoms with Gasteiger partial charge in [0.25, 0.3) is 0 Å². The Morgan fingerprint density at radius 2 is 1.27 bits per heavy atom. The van der Waals surface area contributed by atoms with Crippen molar-refractivity contribution in [1.82, 2.24) is 0 Å². The first kappa shape index (κ1) is 20.2. The summed E-state index contributed by atoms with van der Waals surface area (Å²) >= 11 is 0. The molecule has 3 fully saturated rings. The lowest BCUT2D eigenvalue weighted by atomic mass is 9.69. The summed E-state index contributed by atoms with van der Waals surface area (Å²) in [5.41, 5.74) is 0. The monoisotopic (exact) mass is 358 g/mol. The topological polar surface area (TPSA) is 9.23 Å². The Kier molecular flexibility index (Phi) is 8.30. The van der Waals surface area contributed by atoms with Crippen molar-refractivity contribution < 1.29 is 4.74 Å². The lowest BCUT2D eigenvalue weighted by Crippen LogP contribution is -2.29. The van der Waals surface area contributed by atoms with Crippen molar-refractivity contribution in [2.24, 2.45) is 29.6 Å². The van der Waals surface area contributed by atoms with E-state index in [4.69, 9.17) is 4.74 Å². The standard InChI is InChI=1S/C25H42O/c1-3-5-6-21-11-17-25(18-12-21)26-19-22-9-15-24(16-10-22)23-13-7-20(4-2)8-14-23/h3-4,20-25H,1-2,5-19H2. The first-order chi connectivity index (χ1) is 12.8. The van der Waals surface area contributed by atoms with Crippen LogP contribution in [-0.2, 0) is 4.74 Å². The van der Waals surface area contributed by atoms with Gasteiger partial charge >= 0.3 is 0 Å². The van der Waals surface area contributed by atoms with E-state index < -0.39 is 0 Å². The van der Waals surface area contributed by atoms with Gasteiger partial charge in [-0.1, -0.05) is 12.2 Å². The molecule has 1 nitrogen and oxygen atoms in total. The number of rotatable bonds is 8. The molecule has 0 heterocycles. The van der Waals surface area contributed by atoms with Crippen molar-refractivity contribution in [2.45, 2.75) is 96.0 Å². The van der Waals surface area contributed by atoms with Crippen molar-refractivity contribution >= 4 is 0 Å². The normalized spacial score (nSPS) is 38.6. The van der Waals surface area contributed by atoms with E-state index in [-0.39, 0.29) is 0 Å². The maximum atomic E-state index is 6.35. The van der Waals surface area contributed by atoms with Crippen LogP contribution in [0.4, 0.5) is 0 Å². The highest BCUT2D eigenvalue weighted by Crippen LogP contribution is 2.41. The number of hydrogen-bond donors (Lipinski definition) is 0. The van der Waals surface area contributed by atoms with E-state index in [0.717, 1.165) is 36.2 Å². The molecule has 0 atom stereocenters. The van der Waals surface area contributed by atoms with Crippen LogP contribution in [0.5, 0.6) is 0 Å². The molecule has 0 aromatic carbocycles. The molecule has 0 N–H and O–H groups in total. The van der Waals surface area contributed by atoms with Gasteiger partial charge in [-0.05, 0) is 119 Å². The van der Waals surface area contributed by atoms with Crippen LogP contribution in [0.2, 0.25) is 0 Å². The Bertz CT molecular complexity index is 404. The first-order valence-corrected chi connectivity index (χ1v) is 11.6. The van der Waals surface area contributed by atoms with E-state index in [2.05, 4.69) is 25.3 Å². The van der Waals surface area contributed by atoms with E-state index in [1.54, 1.807) is 0 Å². The van der Waals surface area contributed by atoms with Crippen LogP contribution in [-0.4, -0.2) is 12.7 Å². The summed E-state index contributed by atoms with van der Waals surface area (Å²) in [6, 6.07) is 0. The zero-order valence-electron chi connectivity index (χ0n) is 17.0. The second-order valence-electron chi connectivity index (χ2n) is 9.53. The molecule has 0 aromatic heterocycles. The maximum absolute atomic E-state index is 6.35. The minimum atomic E-state index is 0.557. The minimum absolute atomic E-state index is 0.557. The fourth-order valence-corrected chi connectivity index (χ4v) is 5.89.